The second-order valence-electron chi connectivity index (χ2n) is 15.2. The van der Waals surface area contributed by atoms with Crippen molar-refractivity contribution in [1.82, 2.24) is 0 Å². The average molecular weight is 613 g/mol. The van der Waals surface area contributed by atoms with Crippen LogP contribution in [0.25, 0.3) is 17.2 Å². The summed E-state index contributed by atoms with van der Waals surface area (Å²) in [6, 6.07) is 11.2. The molecule has 0 amide bonds. The van der Waals surface area contributed by atoms with E-state index < -0.39 is 56.8 Å². The molecule has 0 aromatic heterocycles. The van der Waals surface area contributed by atoms with Gasteiger partial charge in [0.25, 0.3) is 0 Å². The van der Waals surface area contributed by atoms with Gasteiger partial charge in [-0.25, -0.2) is 0 Å². The maximum Gasteiger partial charge on any atom is 0.209 e. The average Bonchev–Trinajstić information content (AvgIpc) is 2.90. The molecule has 4 atom stereocenters. The van der Waals surface area contributed by atoms with E-state index in [1.165, 1.54) is 6.07 Å². The molecule has 0 saturated carbocycles. The number of fused-ring (bicyclic) bond motifs is 3. The van der Waals surface area contributed by atoms with E-state index in [2.05, 4.69) is 32.9 Å². The van der Waals surface area contributed by atoms with Crippen molar-refractivity contribution in [3.05, 3.63) is 81.8 Å². The van der Waals surface area contributed by atoms with Crippen molar-refractivity contribution >= 4 is 23.4 Å². The number of ketones is 3. The Morgan fingerprint density at radius 2 is 1.64 bits per heavy atom. The Morgan fingerprint density at radius 1 is 1.02 bits per heavy atom. The number of aliphatic hydroxyl groups is 3. The van der Waals surface area contributed by atoms with E-state index in [-0.39, 0.29) is 41.1 Å². The molecule has 0 radical (unpaired) electrons. The zero-order valence-corrected chi connectivity index (χ0v) is 27.4. The van der Waals surface area contributed by atoms with E-state index in [0.717, 1.165) is 30.0 Å². The van der Waals surface area contributed by atoms with Crippen LogP contribution in [0.1, 0.15) is 89.7 Å². The molecule has 0 spiro atoms. The maximum absolute atomic E-state index is 14.3. The van der Waals surface area contributed by atoms with E-state index in [9.17, 15) is 34.8 Å². The largest absolute Gasteiger partial charge is 0.511 e. The molecule has 7 heteroatoms. The minimum Gasteiger partial charge on any atom is -0.511 e. The Morgan fingerprint density at radius 3 is 2.20 bits per heavy atom. The van der Waals surface area contributed by atoms with Gasteiger partial charge in [-0.1, -0.05) is 91.0 Å². The number of carbonyl (C=O) groups is 3. The summed E-state index contributed by atoms with van der Waals surface area (Å²) in [5, 5.41) is 46.4. The summed E-state index contributed by atoms with van der Waals surface area (Å²) >= 11 is 0. The van der Waals surface area contributed by atoms with E-state index in [1.807, 2.05) is 45.0 Å². The number of rotatable bonds is 5. The van der Waals surface area contributed by atoms with Gasteiger partial charge in [-0.05, 0) is 65.8 Å². The number of phenolic OH excluding ortho intramolecular Hbond substituents is 1. The summed E-state index contributed by atoms with van der Waals surface area (Å²) in [5.74, 6) is -5.19. The highest BCUT2D eigenvalue weighted by Gasteiger charge is 2.71. The first-order valence-corrected chi connectivity index (χ1v) is 15.6. The molecule has 7 nitrogen and oxygen atoms in total. The van der Waals surface area contributed by atoms with Crippen LogP contribution >= 0.6 is 0 Å². The number of phenols is 1. The van der Waals surface area contributed by atoms with E-state index in [1.54, 1.807) is 13.0 Å². The number of allylic oxidation sites excluding steroid dienone is 3. The van der Waals surface area contributed by atoms with Crippen LogP contribution in [-0.2, 0) is 16.0 Å². The Balaban J connectivity index is 1.67. The summed E-state index contributed by atoms with van der Waals surface area (Å²) in [7, 11) is 0. The summed E-state index contributed by atoms with van der Waals surface area (Å²) in [6.07, 6.45) is 5.43. The first-order valence-electron chi connectivity index (χ1n) is 15.6. The third-order valence-corrected chi connectivity index (χ3v) is 10.2. The molecule has 3 aliphatic carbocycles. The second kappa shape index (κ2) is 10.5. The van der Waals surface area contributed by atoms with Crippen LogP contribution in [0.5, 0.6) is 5.75 Å². The van der Waals surface area contributed by atoms with Gasteiger partial charge in [0.15, 0.2) is 17.2 Å². The van der Waals surface area contributed by atoms with Crippen LogP contribution < -0.4 is 0 Å². The molecule has 0 fully saturated rings. The summed E-state index contributed by atoms with van der Waals surface area (Å²) in [6.45, 7) is 14.8. The van der Waals surface area contributed by atoms with Crippen LogP contribution in [0.15, 0.2) is 65.1 Å². The van der Waals surface area contributed by atoms with Crippen molar-refractivity contribution in [3.8, 4) is 16.9 Å². The number of hydrogen-bond acceptors (Lipinski definition) is 7. The van der Waals surface area contributed by atoms with E-state index in [0.29, 0.717) is 5.56 Å². The number of Topliss-reactive ketones (excluding diaryl/α,β-unsaturated/α-hetero) is 3. The zero-order valence-electron chi connectivity index (χ0n) is 27.4. The predicted octanol–water partition coefficient (Wildman–Crippen LogP) is 7.46. The fourth-order valence-corrected chi connectivity index (χ4v) is 8.33. The fourth-order valence-electron chi connectivity index (χ4n) is 8.33. The second-order valence-corrected chi connectivity index (χ2v) is 15.2. The van der Waals surface area contributed by atoms with Gasteiger partial charge in [-0.3, -0.25) is 14.4 Å². The van der Waals surface area contributed by atoms with Crippen molar-refractivity contribution < 1.29 is 34.8 Å². The Kier molecular flexibility index (Phi) is 7.60. The highest BCUT2D eigenvalue weighted by Crippen LogP contribution is 2.65. The molecule has 3 aliphatic rings. The minimum atomic E-state index is -2.62. The zero-order chi connectivity index (χ0) is 33.4. The van der Waals surface area contributed by atoms with Crippen molar-refractivity contribution in [2.45, 2.75) is 80.3 Å². The van der Waals surface area contributed by atoms with Gasteiger partial charge in [-0.15, -0.1) is 0 Å². The third kappa shape index (κ3) is 4.78. The van der Waals surface area contributed by atoms with Crippen molar-refractivity contribution in [2.24, 2.45) is 28.1 Å². The number of carbonyl (C=O) groups excluding carboxylic acids is 3. The monoisotopic (exact) mass is 612 g/mol. The molecule has 238 valence electrons. The molecular weight excluding hydrogens is 568 g/mol. The van der Waals surface area contributed by atoms with Gasteiger partial charge in [0.2, 0.25) is 5.78 Å². The topological polar surface area (TPSA) is 132 Å². The van der Waals surface area contributed by atoms with Gasteiger partial charge in [0.1, 0.15) is 22.8 Å². The number of hydrogen-bond donors (Lipinski definition) is 4. The Hall–Kier alpha value is -3.97. The molecule has 0 heterocycles. The van der Waals surface area contributed by atoms with Crippen molar-refractivity contribution in [1.29, 1.82) is 0 Å². The van der Waals surface area contributed by atoms with Gasteiger partial charge in [0.05, 0.1) is 5.56 Å². The molecule has 5 rings (SSSR count). The lowest BCUT2D eigenvalue weighted by Crippen LogP contribution is -2.67. The van der Waals surface area contributed by atoms with Crippen LogP contribution in [-0.4, -0.2) is 43.4 Å². The first kappa shape index (κ1) is 32.4. The van der Waals surface area contributed by atoms with Gasteiger partial charge >= 0.3 is 0 Å². The van der Waals surface area contributed by atoms with Crippen LogP contribution in [0.4, 0.5) is 0 Å². The molecular formula is C38H44O7. The van der Waals surface area contributed by atoms with E-state index >= 15 is 0 Å². The number of aliphatic hydroxyl groups excluding tert-OH is 2. The fraction of sp³-hybridized carbons (Fsp3) is 0.447. The summed E-state index contributed by atoms with van der Waals surface area (Å²) in [5.41, 5.74) is -2.42. The normalized spacial score (nSPS) is 28.4. The third-order valence-electron chi connectivity index (χ3n) is 10.2. The molecule has 0 aliphatic heterocycles. The van der Waals surface area contributed by atoms with Gasteiger partial charge in [0, 0.05) is 22.3 Å². The number of aromatic hydroxyl groups is 1. The predicted molar refractivity (Wildman–Crippen MR) is 174 cm³/mol. The van der Waals surface area contributed by atoms with Gasteiger partial charge < -0.3 is 20.4 Å². The molecule has 1 unspecified atom stereocenters. The van der Waals surface area contributed by atoms with Crippen molar-refractivity contribution in [2.75, 3.05) is 0 Å². The van der Waals surface area contributed by atoms with Gasteiger partial charge in [-0.2, -0.15) is 0 Å². The standard InChI is InChI=1S/C38H44O7/c1-20(2)29-31(41)27(21(3)39)33(43)38(45)34(44)30-32(42)28-25(18-36(30,7)19-37(29,38)8)24(15-16-26(28)40)23-13-11-22(12-14-23)10-9-17-35(4,5)6/h9-16,20,29,40-41,44-45H,17-19H2,1-8H3/b10-9-/t29?,36-,37-,38+/m1/s1. The molecule has 2 aromatic carbocycles. The molecule has 4 N–H and O–H groups in total. The number of benzene rings is 2. The lowest BCUT2D eigenvalue weighted by Gasteiger charge is -2.59. The molecule has 45 heavy (non-hydrogen) atoms. The first-order chi connectivity index (χ1) is 20.8. The summed E-state index contributed by atoms with van der Waals surface area (Å²) < 4.78 is 0. The lowest BCUT2D eigenvalue weighted by atomic mass is 9.44. The van der Waals surface area contributed by atoms with Crippen LogP contribution in [0, 0.1) is 28.1 Å². The highest BCUT2D eigenvalue weighted by molar-refractivity contribution is 6.25. The smallest absolute Gasteiger partial charge is 0.209 e. The van der Waals surface area contributed by atoms with Crippen LogP contribution in [0.3, 0.4) is 0 Å². The van der Waals surface area contributed by atoms with Crippen LogP contribution in [0.2, 0.25) is 0 Å². The molecule has 0 saturated heterocycles. The molecule has 0 bridgehead atoms. The Bertz CT molecular complexity index is 1720. The highest BCUT2D eigenvalue weighted by atomic mass is 16.3. The SMILES string of the molecule is CC(=O)C1=C(O)C(C(C)C)[C@@]2(C)C[C@@]3(C)Cc4c(-c5ccc(/C=C\CC(C)(C)C)cc5)ccc(O)c4C(=O)C3=C(O)[C@@]2(O)C1=O. The van der Waals surface area contributed by atoms with E-state index in [4.69, 9.17) is 0 Å². The quantitative estimate of drug-likeness (QED) is 0.258. The summed E-state index contributed by atoms with van der Waals surface area (Å²) in [4.78, 5) is 40.7. The Labute approximate surface area is 265 Å². The molecule has 2 aromatic rings. The lowest BCUT2D eigenvalue weighted by molar-refractivity contribution is -0.171. The maximum atomic E-state index is 14.3. The minimum absolute atomic E-state index is 0.0155. The van der Waals surface area contributed by atoms with Crippen molar-refractivity contribution in [3.63, 3.8) is 0 Å².